The maximum absolute atomic E-state index is 12.9. The van der Waals surface area contributed by atoms with Gasteiger partial charge in [0.05, 0.1) is 5.88 Å². The number of anilines is 1. The molecule has 0 spiro atoms. The van der Waals surface area contributed by atoms with E-state index < -0.39 is 24.0 Å². The number of benzene rings is 3. The molecule has 9 heteroatoms. The van der Waals surface area contributed by atoms with Gasteiger partial charge in [0.1, 0.15) is 12.6 Å². The zero-order valence-corrected chi connectivity index (χ0v) is 20.0. The first-order chi connectivity index (χ1) is 16.9. The molecule has 0 saturated carbocycles. The molecule has 0 radical (unpaired) electrons. The topological polar surface area (TPSA) is 95.9 Å². The minimum absolute atomic E-state index is 0.0785. The number of amides is 2. The largest absolute Gasteiger partial charge is 0.480 e. The Bertz CT molecular complexity index is 1290. The van der Waals surface area contributed by atoms with Crippen LogP contribution >= 0.6 is 23.4 Å². The Balaban J connectivity index is 1.28. The summed E-state index contributed by atoms with van der Waals surface area (Å²) in [5.41, 5.74) is 4.96. The van der Waals surface area contributed by atoms with Crippen LogP contribution in [0.3, 0.4) is 0 Å². The molecule has 0 aromatic heterocycles. The van der Waals surface area contributed by atoms with Gasteiger partial charge in [-0.1, -0.05) is 60.1 Å². The van der Waals surface area contributed by atoms with Crippen molar-refractivity contribution >= 4 is 47.0 Å². The van der Waals surface area contributed by atoms with Crippen LogP contribution in [0.15, 0.2) is 66.7 Å². The van der Waals surface area contributed by atoms with Crippen molar-refractivity contribution in [3.8, 4) is 11.1 Å². The standard InChI is InChI=1S/C26H21ClN2O5S/c27-16-9-15(24(30)29-14-35-13-23(29)25(31)32)10-17(11-16)28-26(33)34-12-22-20-7-3-1-5-18(20)19-6-2-4-8-21(19)22/h1-11,22-23H,12-14H2,(H,28,33)(H,31,32). The molecule has 1 saturated heterocycles. The highest BCUT2D eigenvalue weighted by Crippen LogP contribution is 2.44. The fourth-order valence-corrected chi connectivity index (χ4v) is 5.93. The van der Waals surface area contributed by atoms with Crippen molar-refractivity contribution in [3.63, 3.8) is 0 Å². The van der Waals surface area contributed by atoms with E-state index in [2.05, 4.69) is 17.4 Å². The van der Waals surface area contributed by atoms with Gasteiger partial charge in [0.2, 0.25) is 0 Å². The van der Waals surface area contributed by atoms with E-state index >= 15 is 0 Å². The molecule has 1 unspecified atom stereocenters. The molecule has 1 atom stereocenters. The molecule has 35 heavy (non-hydrogen) atoms. The summed E-state index contributed by atoms with van der Waals surface area (Å²) < 4.78 is 5.56. The van der Waals surface area contributed by atoms with Gasteiger partial charge in [-0.15, -0.1) is 11.8 Å². The van der Waals surface area contributed by atoms with E-state index in [0.717, 1.165) is 22.3 Å². The highest BCUT2D eigenvalue weighted by molar-refractivity contribution is 7.99. The first kappa shape index (κ1) is 23.3. The van der Waals surface area contributed by atoms with E-state index in [4.69, 9.17) is 16.3 Å². The van der Waals surface area contributed by atoms with Gasteiger partial charge >= 0.3 is 12.1 Å². The molecular formula is C26H21ClN2O5S. The second-order valence-corrected chi connectivity index (χ2v) is 9.74. The smallest absolute Gasteiger partial charge is 0.411 e. The molecule has 0 bridgehead atoms. The Hall–Kier alpha value is -3.49. The van der Waals surface area contributed by atoms with Crippen molar-refractivity contribution in [3.05, 3.63) is 88.4 Å². The van der Waals surface area contributed by atoms with Crippen LogP contribution in [0.4, 0.5) is 10.5 Å². The fourth-order valence-electron chi connectivity index (χ4n) is 4.55. The molecule has 2 amide bonds. The summed E-state index contributed by atoms with van der Waals surface area (Å²) in [6.45, 7) is 0.150. The lowest BCUT2D eigenvalue weighted by molar-refractivity contribution is -0.140. The maximum atomic E-state index is 12.9. The summed E-state index contributed by atoms with van der Waals surface area (Å²) in [5.74, 6) is -0.989. The number of hydrogen-bond donors (Lipinski definition) is 2. The van der Waals surface area contributed by atoms with E-state index in [9.17, 15) is 19.5 Å². The molecule has 5 rings (SSSR count). The van der Waals surface area contributed by atoms with Crippen molar-refractivity contribution in [2.24, 2.45) is 0 Å². The Morgan fingerprint density at radius 2 is 1.69 bits per heavy atom. The average molecular weight is 509 g/mol. The molecule has 178 valence electrons. The number of rotatable bonds is 5. The van der Waals surface area contributed by atoms with Crippen molar-refractivity contribution < 1.29 is 24.2 Å². The number of nitrogens with zero attached hydrogens (tertiary/aromatic N) is 1. The number of ether oxygens (including phenoxy) is 1. The van der Waals surface area contributed by atoms with Crippen molar-refractivity contribution in [2.75, 3.05) is 23.6 Å². The highest BCUT2D eigenvalue weighted by Gasteiger charge is 2.35. The monoisotopic (exact) mass is 508 g/mol. The lowest BCUT2D eigenvalue weighted by Crippen LogP contribution is -2.41. The molecule has 3 aromatic rings. The Morgan fingerprint density at radius 1 is 1.03 bits per heavy atom. The van der Waals surface area contributed by atoms with E-state index in [-0.39, 0.29) is 34.7 Å². The second kappa shape index (κ2) is 9.64. The number of carboxylic acids is 1. The maximum Gasteiger partial charge on any atom is 0.411 e. The minimum atomic E-state index is -1.05. The van der Waals surface area contributed by atoms with E-state index in [1.807, 2.05) is 36.4 Å². The van der Waals surface area contributed by atoms with Gasteiger partial charge in [0.15, 0.2) is 0 Å². The molecule has 2 N–H and O–H groups in total. The SMILES string of the molecule is O=C(Nc1cc(Cl)cc(C(=O)N2CSCC2C(=O)O)c1)OCC1c2ccccc2-c2ccccc21. The summed E-state index contributed by atoms with van der Waals surface area (Å²) in [6, 6.07) is 19.6. The van der Waals surface area contributed by atoms with Crippen LogP contribution < -0.4 is 5.32 Å². The summed E-state index contributed by atoms with van der Waals surface area (Å²) in [4.78, 5) is 38.3. The van der Waals surface area contributed by atoms with Crippen LogP contribution in [0, 0.1) is 0 Å². The van der Waals surface area contributed by atoms with Crippen molar-refractivity contribution in [1.82, 2.24) is 4.90 Å². The zero-order chi connectivity index (χ0) is 24.5. The van der Waals surface area contributed by atoms with E-state index in [1.165, 1.54) is 34.9 Å². The number of hydrogen-bond acceptors (Lipinski definition) is 5. The Kier molecular flexibility index (Phi) is 6.40. The van der Waals surface area contributed by atoms with Crippen LogP contribution in [0.2, 0.25) is 5.02 Å². The van der Waals surface area contributed by atoms with E-state index in [0.29, 0.717) is 5.75 Å². The third-order valence-corrected chi connectivity index (χ3v) is 7.39. The lowest BCUT2D eigenvalue weighted by Gasteiger charge is -2.21. The van der Waals surface area contributed by atoms with Gasteiger partial charge in [-0.05, 0) is 40.5 Å². The quantitative estimate of drug-likeness (QED) is 0.485. The van der Waals surface area contributed by atoms with Gasteiger partial charge in [-0.3, -0.25) is 10.1 Å². The average Bonchev–Trinajstić information content (AvgIpc) is 3.45. The lowest BCUT2D eigenvalue weighted by atomic mass is 9.98. The predicted molar refractivity (Wildman–Crippen MR) is 135 cm³/mol. The molecule has 1 aliphatic heterocycles. The number of carboxylic acid groups (broad SMARTS) is 1. The summed E-state index contributed by atoms with van der Waals surface area (Å²) >= 11 is 7.56. The number of nitrogens with one attached hydrogen (secondary N) is 1. The van der Waals surface area contributed by atoms with E-state index in [1.54, 1.807) is 0 Å². The van der Waals surface area contributed by atoms with Crippen LogP contribution in [0.25, 0.3) is 11.1 Å². The molecule has 1 fully saturated rings. The molecule has 7 nitrogen and oxygen atoms in total. The van der Waals surface area contributed by atoms with Gasteiger partial charge in [-0.25, -0.2) is 9.59 Å². The number of fused-ring (bicyclic) bond motifs is 3. The van der Waals surface area contributed by atoms with Gasteiger partial charge in [-0.2, -0.15) is 0 Å². The summed E-state index contributed by atoms with van der Waals surface area (Å²) in [5, 5.41) is 12.2. The summed E-state index contributed by atoms with van der Waals surface area (Å²) in [6.07, 6.45) is -0.673. The molecule has 1 heterocycles. The Morgan fingerprint density at radius 3 is 2.34 bits per heavy atom. The van der Waals surface area contributed by atoms with Crippen LogP contribution in [0.1, 0.15) is 27.4 Å². The Labute approximate surface area is 211 Å². The van der Waals surface area contributed by atoms with Gasteiger partial charge in [0, 0.05) is 27.9 Å². The zero-order valence-electron chi connectivity index (χ0n) is 18.4. The normalized spacial score (nSPS) is 16.5. The number of thioether (sulfide) groups is 1. The third kappa shape index (κ3) is 4.59. The third-order valence-electron chi connectivity index (χ3n) is 6.16. The van der Waals surface area contributed by atoms with Crippen molar-refractivity contribution in [1.29, 1.82) is 0 Å². The number of halogens is 1. The summed E-state index contributed by atoms with van der Waals surface area (Å²) in [7, 11) is 0. The number of aliphatic carboxylic acids is 1. The minimum Gasteiger partial charge on any atom is -0.480 e. The molecule has 1 aliphatic carbocycles. The second-order valence-electron chi connectivity index (χ2n) is 8.31. The highest BCUT2D eigenvalue weighted by atomic mass is 35.5. The molecule has 2 aliphatic rings. The van der Waals surface area contributed by atoms with Gasteiger partial charge < -0.3 is 14.7 Å². The molecule has 3 aromatic carbocycles. The fraction of sp³-hybridized carbons (Fsp3) is 0.192. The first-order valence-corrected chi connectivity index (χ1v) is 12.5. The first-order valence-electron chi connectivity index (χ1n) is 11.0. The van der Waals surface area contributed by atoms with Crippen LogP contribution in [-0.2, 0) is 9.53 Å². The van der Waals surface area contributed by atoms with Crippen LogP contribution in [0.5, 0.6) is 0 Å². The van der Waals surface area contributed by atoms with Crippen LogP contribution in [-0.4, -0.2) is 52.3 Å². The van der Waals surface area contributed by atoms with Gasteiger partial charge in [0.25, 0.3) is 5.91 Å². The molecular weight excluding hydrogens is 488 g/mol. The predicted octanol–water partition coefficient (Wildman–Crippen LogP) is 5.30. The number of carbonyl (C=O) groups is 3. The van der Waals surface area contributed by atoms with Crippen molar-refractivity contribution in [2.45, 2.75) is 12.0 Å². The number of carbonyl (C=O) groups excluding carboxylic acids is 2.